The van der Waals surface area contributed by atoms with Crippen LogP contribution >= 0.6 is 0 Å². The van der Waals surface area contributed by atoms with Gasteiger partial charge in [0, 0.05) is 0 Å². The van der Waals surface area contributed by atoms with Gasteiger partial charge in [-0.15, -0.1) is 0 Å². The molecule has 1 rings (SSSR count). The molecule has 0 bridgehead atoms. The molecule has 0 aliphatic carbocycles. The zero-order valence-corrected chi connectivity index (χ0v) is 7.06. The van der Waals surface area contributed by atoms with Crippen molar-refractivity contribution in [1.29, 1.82) is 0 Å². The van der Waals surface area contributed by atoms with Gasteiger partial charge >= 0.3 is 11.9 Å². The van der Waals surface area contributed by atoms with E-state index in [0.717, 1.165) is 6.26 Å². The van der Waals surface area contributed by atoms with Crippen LogP contribution in [-0.4, -0.2) is 28.3 Å². The van der Waals surface area contributed by atoms with E-state index in [1.807, 2.05) is 0 Å². The fourth-order valence-electron chi connectivity index (χ4n) is 1.16. The highest BCUT2D eigenvalue weighted by molar-refractivity contribution is 5.87. The summed E-state index contributed by atoms with van der Waals surface area (Å²) < 4.78 is 4.90. The zero-order valence-electron chi connectivity index (χ0n) is 7.06. The van der Waals surface area contributed by atoms with E-state index < -0.39 is 24.0 Å². The lowest BCUT2D eigenvalue weighted by atomic mass is 9.93. The second-order valence-electron chi connectivity index (χ2n) is 2.94. The lowest BCUT2D eigenvalue weighted by Gasteiger charge is -2.24. The molecule has 2 N–H and O–H groups in total. The Balaban J connectivity index is 2.78. The molecule has 5 nitrogen and oxygen atoms in total. The van der Waals surface area contributed by atoms with Gasteiger partial charge in [0.15, 0.2) is 0 Å². The van der Waals surface area contributed by atoms with Gasteiger partial charge in [0.05, 0.1) is 17.8 Å². The number of hydrogen-bond donors (Lipinski definition) is 2. The topological polar surface area (TPSA) is 83.8 Å². The molecule has 0 saturated heterocycles. The Bertz CT molecular complexity index is 268. The molecule has 1 aliphatic heterocycles. The molecule has 0 aromatic heterocycles. The molecule has 72 valence electrons. The molecule has 1 heterocycles. The monoisotopic (exact) mass is 186 g/mol. The van der Waals surface area contributed by atoms with Crippen LogP contribution in [-0.2, 0) is 14.3 Å². The Labute approximate surface area is 74.6 Å². The van der Waals surface area contributed by atoms with E-state index in [9.17, 15) is 9.59 Å². The highest BCUT2D eigenvalue weighted by atomic mass is 16.5. The summed E-state index contributed by atoms with van der Waals surface area (Å²) >= 11 is 0. The Hall–Kier alpha value is -1.52. The maximum Gasteiger partial charge on any atom is 0.334 e. The third-order valence-electron chi connectivity index (χ3n) is 2.02. The minimum atomic E-state index is -1.13. The van der Waals surface area contributed by atoms with E-state index >= 15 is 0 Å². The van der Waals surface area contributed by atoms with Crippen molar-refractivity contribution >= 4 is 11.9 Å². The molecule has 5 heteroatoms. The molecule has 13 heavy (non-hydrogen) atoms. The second-order valence-corrected chi connectivity index (χ2v) is 2.94. The highest BCUT2D eigenvalue weighted by Crippen LogP contribution is 2.24. The van der Waals surface area contributed by atoms with Crippen molar-refractivity contribution < 1.29 is 24.5 Å². The summed E-state index contributed by atoms with van der Waals surface area (Å²) in [6.45, 7) is 1.61. The van der Waals surface area contributed by atoms with Crippen LogP contribution in [0.25, 0.3) is 0 Å². The molecule has 0 aromatic carbocycles. The van der Waals surface area contributed by atoms with Crippen molar-refractivity contribution in [2.45, 2.75) is 19.4 Å². The van der Waals surface area contributed by atoms with Gasteiger partial charge in [0.1, 0.15) is 6.10 Å². The first-order valence-corrected chi connectivity index (χ1v) is 3.83. The molecule has 0 spiro atoms. The van der Waals surface area contributed by atoms with Crippen molar-refractivity contribution in [3.63, 3.8) is 0 Å². The maximum absolute atomic E-state index is 10.6. The van der Waals surface area contributed by atoms with Crippen LogP contribution in [0.2, 0.25) is 0 Å². The summed E-state index contributed by atoms with van der Waals surface area (Å²) in [4.78, 5) is 21.1. The van der Waals surface area contributed by atoms with Crippen LogP contribution in [0.1, 0.15) is 13.3 Å². The Morgan fingerprint density at radius 1 is 1.54 bits per heavy atom. The lowest BCUT2D eigenvalue weighted by Crippen LogP contribution is -2.31. The SMILES string of the molecule is CC1OC=C(C(=O)O)CC1C(=O)O. The third-order valence-corrected chi connectivity index (χ3v) is 2.02. The van der Waals surface area contributed by atoms with Gasteiger partial charge in [-0.2, -0.15) is 0 Å². The van der Waals surface area contributed by atoms with Crippen LogP contribution in [0, 0.1) is 5.92 Å². The minimum absolute atomic E-state index is 0.00509. The van der Waals surface area contributed by atoms with Crippen molar-refractivity contribution in [2.75, 3.05) is 0 Å². The number of ether oxygens (including phenoxy) is 1. The van der Waals surface area contributed by atoms with E-state index in [1.165, 1.54) is 0 Å². The van der Waals surface area contributed by atoms with Crippen LogP contribution in [0.4, 0.5) is 0 Å². The fourth-order valence-corrected chi connectivity index (χ4v) is 1.16. The smallest absolute Gasteiger partial charge is 0.334 e. The normalized spacial score (nSPS) is 27.3. The van der Waals surface area contributed by atoms with E-state index in [-0.39, 0.29) is 12.0 Å². The first-order chi connectivity index (χ1) is 6.02. The van der Waals surface area contributed by atoms with Gasteiger partial charge in [-0.25, -0.2) is 4.79 Å². The van der Waals surface area contributed by atoms with Crippen molar-refractivity contribution in [1.82, 2.24) is 0 Å². The molecular weight excluding hydrogens is 176 g/mol. The van der Waals surface area contributed by atoms with Gasteiger partial charge in [0.2, 0.25) is 0 Å². The second kappa shape index (κ2) is 3.47. The summed E-state index contributed by atoms with van der Waals surface area (Å²) in [7, 11) is 0. The van der Waals surface area contributed by atoms with Crippen molar-refractivity contribution in [3.05, 3.63) is 11.8 Å². The van der Waals surface area contributed by atoms with Gasteiger partial charge in [-0.05, 0) is 13.3 Å². The number of rotatable bonds is 2. The summed E-state index contributed by atoms with van der Waals surface area (Å²) in [6, 6.07) is 0. The average molecular weight is 186 g/mol. The molecule has 0 fully saturated rings. The molecule has 0 saturated carbocycles. The van der Waals surface area contributed by atoms with E-state index in [4.69, 9.17) is 14.9 Å². The Morgan fingerprint density at radius 3 is 2.62 bits per heavy atom. The Morgan fingerprint density at radius 2 is 2.15 bits per heavy atom. The number of carboxylic acids is 2. The van der Waals surface area contributed by atoms with Gasteiger partial charge in [-0.1, -0.05) is 0 Å². The van der Waals surface area contributed by atoms with Crippen molar-refractivity contribution in [3.8, 4) is 0 Å². The summed E-state index contributed by atoms with van der Waals surface area (Å²) in [5.41, 5.74) is 0.00509. The van der Waals surface area contributed by atoms with Crippen molar-refractivity contribution in [2.24, 2.45) is 5.92 Å². The van der Waals surface area contributed by atoms with Crippen LogP contribution in [0.5, 0.6) is 0 Å². The van der Waals surface area contributed by atoms with E-state index in [2.05, 4.69) is 0 Å². The summed E-state index contributed by atoms with van der Waals surface area (Å²) in [6.07, 6.45) is 0.666. The largest absolute Gasteiger partial charge is 0.497 e. The molecular formula is C8H10O5. The molecule has 0 aromatic rings. The van der Waals surface area contributed by atoms with Gasteiger partial charge in [-0.3, -0.25) is 4.79 Å². The quantitative estimate of drug-likeness (QED) is 0.654. The van der Waals surface area contributed by atoms with Crippen LogP contribution < -0.4 is 0 Å². The molecule has 0 radical (unpaired) electrons. The predicted octanol–water partition coefficient (Wildman–Crippen LogP) is 0.465. The minimum Gasteiger partial charge on any atom is -0.497 e. The van der Waals surface area contributed by atoms with Crippen LogP contribution in [0.3, 0.4) is 0 Å². The van der Waals surface area contributed by atoms with E-state index in [0.29, 0.717) is 0 Å². The number of hydrogen-bond acceptors (Lipinski definition) is 3. The number of aliphatic carboxylic acids is 2. The van der Waals surface area contributed by atoms with Gasteiger partial charge < -0.3 is 14.9 Å². The van der Waals surface area contributed by atoms with Gasteiger partial charge in [0.25, 0.3) is 0 Å². The average Bonchev–Trinajstić information content (AvgIpc) is 2.04. The zero-order chi connectivity index (χ0) is 10.0. The first kappa shape index (κ1) is 9.57. The third kappa shape index (κ3) is 1.99. The van der Waals surface area contributed by atoms with E-state index in [1.54, 1.807) is 6.92 Å². The molecule has 0 amide bonds. The standard InChI is InChI=1S/C8H10O5/c1-4-6(8(11)12)2-5(3-13-4)7(9)10/h3-4,6H,2H2,1H3,(H,9,10)(H,11,12). The number of carbonyl (C=O) groups is 2. The first-order valence-electron chi connectivity index (χ1n) is 3.83. The summed E-state index contributed by atoms with van der Waals surface area (Å²) in [5.74, 6) is -2.92. The molecule has 1 aliphatic rings. The summed E-state index contributed by atoms with van der Waals surface area (Å²) in [5, 5.41) is 17.3. The lowest BCUT2D eigenvalue weighted by molar-refractivity contribution is -0.146. The molecule has 2 atom stereocenters. The maximum atomic E-state index is 10.6. The number of carboxylic acid groups (broad SMARTS) is 2. The highest BCUT2D eigenvalue weighted by Gasteiger charge is 2.32. The van der Waals surface area contributed by atoms with Crippen LogP contribution in [0.15, 0.2) is 11.8 Å². The molecule has 2 unspecified atom stereocenters. The Kier molecular flexibility index (Phi) is 2.55. The predicted molar refractivity (Wildman–Crippen MR) is 42.0 cm³/mol. The fraction of sp³-hybridized carbons (Fsp3) is 0.500.